The van der Waals surface area contributed by atoms with E-state index < -0.39 is 11.8 Å². The first-order chi connectivity index (χ1) is 9.16. The third-order valence-electron chi connectivity index (χ3n) is 2.39. The summed E-state index contributed by atoms with van der Waals surface area (Å²) in [7, 11) is 0. The highest BCUT2D eigenvalue weighted by atomic mass is 16.2. The van der Waals surface area contributed by atoms with Gasteiger partial charge in [0.15, 0.2) is 0 Å². The molecule has 1 aromatic heterocycles. The van der Waals surface area contributed by atoms with Gasteiger partial charge in [-0.2, -0.15) is 0 Å². The maximum Gasteiger partial charge on any atom is 0.316 e. The van der Waals surface area contributed by atoms with E-state index in [4.69, 9.17) is 0 Å². The van der Waals surface area contributed by atoms with E-state index in [2.05, 4.69) is 20.6 Å². The van der Waals surface area contributed by atoms with Gasteiger partial charge in [-0.1, -0.05) is 18.2 Å². The van der Waals surface area contributed by atoms with Crippen molar-refractivity contribution in [2.24, 2.45) is 0 Å². The van der Waals surface area contributed by atoms with Crippen molar-refractivity contribution in [3.05, 3.63) is 48.3 Å². The summed E-state index contributed by atoms with van der Waals surface area (Å²) in [5.41, 5.74) is 1.47. The average molecular weight is 256 g/mol. The summed E-state index contributed by atoms with van der Waals surface area (Å²) < 4.78 is 0. The van der Waals surface area contributed by atoms with E-state index in [1.165, 1.54) is 12.4 Å². The molecule has 6 nitrogen and oxygen atoms in total. The number of para-hydroxylation sites is 1. The van der Waals surface area contributed by atoms with E-state index in [1.807, 2.05) is 19.1 Å². The lowest BCUT2D eigenvalue weighted by molar-refractivity contribution is -0.133. The third kappa shape index (κ3) is 3.35. The van der Waals surface area contributed by atoms with Crippen LogP contribution in [-0.4, -0.2) is 21.8 Å². The van der Waals surface area contributed by atoms with Gasteiger partial charge in [0.2, 0.25) is 5.95 Å². The second-order valence-corrected chi connectivity index (χ2v) is 3.80. The van der Waals surface area contributed by atoms with Crippen LogP contribution in [0.5, 0.6) is 0 Å². The van der Waals surface area contributed by atoms with Crippen LogP contribution >= 0.6 is 0 Å². The molecule has 0 aliphatic heterocycles. The van der Waals surface area contributed by atoms with Gasteiger partial charge in [0, 0.05) is 18.1 Å². The molecule has 0 atom stereocenters. The molecular formula is C13H12N4O2. The fraction of sp³-hybridized carbons (Fsp3) is 0.0769. The van der Waals surface area contributed by atoms with Crippen molar-refractivity contribution in [1.82, 2.24) is 9.97 Å². The van der Waals surface area contributed by atoms with Crippen LogP contribution in [0.2, 0.25) is 0 Å². The lowest BCUT2D eigenvalue weighted by Crippen LogP contribution is -2.30. The molecule has 2 aromatic rings. The van der Waals surface area contributed by atoms with Crippen molar-refractivity contribution < 1.29 is 9.59 Å². The average Bonchev–Trinajstić information content (AvgIpc) is 2.42. The molecule has 0 saturated carbocycles. The third-order valence-corrected chi connectivity index (χ3v) is 2.39. The molecule has 0 bridgehead atoms. The van der Waals surface area contributed by atoms with Crippen molar-refractivity contribution >= 4 is 23.5 Å². The summed E-state index contributed by atoms with van der Waals surface area (Å²) in [6, 6.07) is 8.81. The molecular weight excluding hydrogens is 244 g/mol. The molecule has 1 heterocycles. The Kier molecular flexibility index (Phi) is 3.82. The van der Waals surface area contributed by atoms with Crippen molar-refractivity contribution in [3.63, 3.8) is 0 Å². The van der Waals surface area contributed by atoms with E-state index in [1.54, 1.807) is 18.2 Å². The smallest absolute Gasteiger partial charge is 0.316 e. The van der Waals surface area contributed by atoms with Gasteiger partial charge >= 0.3 is 11.8 Å². The topological polar surface area (TPSA) is 84.0 Å². The molecule has 19 heavy (non-hydrogen) atoms. The number of rotatable bonds is 2. The number of hydrogen-bond donors (Lipinski definition) is 2. The summed E-state index contributed by atoms with van der Waals surface area (Å²) in [6.07, 6.45) is 2.95. The molecule has 2 N–H and O–H groups in total. The summed E-state index contributed by atoms with van der Waals surface area (Å²) in [5.74, 6) is -1.48. The van der Waals surface area contributed by atoms with E-state index in [-0.39, 0.29) is 5.95 Å². The van der Waals surface area contributed by atoms with Crippen LogP contribution in [0.15, 0.2) is 42.7 Å². The fourth-order valence-electron chi connectivity index (χ4n) is 1.41. The monoisotopic (exact) mass is 256 g/mol. The molecule has 0 aliphatic rings. The van der Waals surface area contributed by atoms with Crippen LogP contribution in [0.25, 0.3) is 0 Å². The summed E-state index contributed by atoms with van der Waals surface area (Å²) in [4.78, 5) is 30.9. The number of aryl methyl sites for hydroxylation is 1. The largest absolute Gasteiger partial charge is 0.318 e. The molecule has 96 valence electrons. The molecule has 2 rings (SSSR count). The summed E-state index contributed by atoms with van der Waals surface area (Å²) >= 11 is 0. The van der Waals surface area contributed by atoms with E-state index in [9.17, 15) is 9.59 Å². The Morgan fingerprint density at radius 3 is 2.26 bits per heavy atom. The maximum atomic E-state index is 11.7. The zero-order valence-corrected chi connectivity index (χ0v) is 10.3. The standard InChI is InChI=1S/C13H12N4O2/c1-9-5-2-3-6-10(9)16-11(18)12(19)17-13-14-7-4-8-15-13/h2-8H,1H3,(H,16,18)(H,14,15,17,19). The zero-order chi connectivity index (χ0) is 13.7. The lowest BCUT2D eigenvalue weighted by Gasteiger charge is -2.07. The second kappa shape index (κ2) is 5.72. The zero-order valence-electron chi connectivity index (χ0n) is 10.3. The Hall–Kier alpha value is -2.76. The second-order valence-electron chi connectivity index (χ2n) is 3.80. The quantitative estimate of drug-likeness (QED) is 0.795. The Balaban J connectivity index is 2.01. The van der Waals surface area contributed by atoms with Gasteiger partial charge in [0.05, 0.1) is 0 Å². The van der Waals surface area contributed by atoms with E-state index in [0.29, 0.717) is 5.69 Å². The van der Waals surface area contributed by atoms with Crippen LogP contribution in [0, 0.1) is 6.92 Å². The molecule has 0 saturated heterocycles. The number of benzene rings is 1. The first-order valence-corrected chi connectivity index (χ1v) is 5.62. The Bertz CT molecular complexity index is 599. The molecule has 0 spiro atoms. The Labute approximate surface area is 109 Å². The van der Waals surface area contributed by atoms with Crippen molar-refractivity contribution in [2.45, 2.75) is 6.92 Å². The first-order valence-electron chi connectivity index (χ1n) is 5.62. The number of nitrogens with zero attached hydrogens (tertiary/aromatic N) is 2. The highest BCUT2D eigenvalue weighted by Gasteiger charge is 2.15. The van der Waals surface area contributed by atoms with Crippen LogP contribution in [0.4, 0.5) is 11.6 Å². The Morgan fingerprint density at radius 2 is 1.58 bits per heavy atom. The van der Waals surface area contributed by atoms with Crippen molar-refractivity contribution in [1.29, 1.82) is 0 Å². The minimum atomic E-state index is -0.811. The van der Waals surface area contributed by atoms with Crippen LogP contribution in [0.3, 0.4) is 0 Å². The number of carbonyl (C=O) groups is 2. The maximum absolute atomic E-state index is 11.7. The highest BCUT2D eigenvalue weighted by molar-refractivity contribution is 6.43. The van der Waals surface area contributed by atoms with Crippen molar-refractivity contribution in [3.8, 4) is 0 Å². The van der Waals surface area contributed by atoms with Gasteiger partial charge in [-0.25, -0.2) is 9.97 Å². The molecule has 0 unspecified atom stereocenters. The van der Waals surface area contributed by atoms with Crippen LogP contribution < -0.4 is 10.6 Å². The molecule has 2 amide bonds. The van der Waals surface area contributed by atoms with Gasteiger partial charge in [-0.3, -0.25) is 14.9 Å². The molecule has 1 aromatic carbocycles. The van der Waals surface area contributed by atoms with Gasteiger partial charge in [-0.15, -0.1) is 0 Å². The molecule has 0 fully saturated rings. The summed E-state index contributed by atoms with van der Waals surface area (Å²) in [6.45, 7) is 1.84. The predicted octanol–water partition coefficient (Wildman–Crippen LogP) is 1.36. The summed E-state index contributed by atoms with van der Waals surface area (Å²) in [5, 5.41) is 4.83. The van der Waals surface area contributed by atoms with Crippen molar-refractivity contribution in [2.75, 3.05) is 10.6 Å². The van der Waals surface area contributed by atoms with Crippen LogP contribution in [-0.2, 0) is 9.59 Å². The molecule has 0 radical (unpaired) electrons. The van der Waals surface area contributed by atoms with Gasteiger partial charge in [0.25, 0.3) is 0 Å². The normalized spacial score (nSPS) is 9.74. The number of aromatic nitrogens is 2. The SMILES string of the molecule is Cc1ccccc1NC(=O)C(=O)Nc1ncccn1. The number of amides is 2. The molecule has 0 aliphatic carbocycles. The first kappa shape index (κ1) is 12.7. The minimum Gasteiger partial charge on any atom is -0.318 e. The predicted molar refractivity (Wildman–Crippen MR) is 70.5 cm³/mol. The molecule has 6 heteroatoms. The number of carbonyl (C=O) groups excluding carboxylic acids is 2. The highest BCUT2D eigenvalue weighted by Crippen LogP contribution is 2.12. The minimum absolute atomic E-state index is 0.0902. The number of hydrogen-bond acceptors (Lipinski definition) is 4. The Morgan fingerprint density at radius 1 is 0.947 bits per heavy atom. The fourth-order valence-corrected chi connectivity index (χ4v) is 1.41. The van der Waals surface area contributed by atoms with Gasteiger partial charge in [-0.05, 0) is 24.6 Å². The van der Waals surface area contributed by atoms with E-state index in [0.717, 1.165) is 5.56 Å². The number of anilines is 2. The van der Waals surface area contributed by atoms with Gasteiger partial charge in [0.1, 0.15) is 0 Å². The number of nitrogens with one attached hydrogen (secondary N) is 2. The van der Waals surface area contributed by atoms with Gasteiger partial charge < -0.3 is 5.32 Å². The van der Waals surface area contributed by atoms with E-state index >= 15 is 0 Å². The van der Waals surface area contributed by atoms with Crippen LogP contribution in [0.1, 0.15) is 5.56 Å². The lowest BCUT2D eigenvalue weighted by atomic mass is 10.2.